The summed E-state index contributed by atoms with van der Waals surface area (Å²) >= 11 is 0. The number of carbonyl (C=O) groups excluding carboxylic acids is 1. The van der Waals surface area contributed by atoms with Crippen LogP contribution in [0, 0.1) is 5.92 Å². The normalized spacial score (nSPS) is 18.1. The van der Waals surface area contributed by atoms with E-state index in [4.69, 9.17) is 4.55 Å². The lowest BCUT2D eigenvalue weighted by Gasteiger charge is -2.39. The number of ether oxygens (including phenoxy) is 2. The first-order chi connectivity index (χ1) is 14.7. The van der Waals surface area contributed by atoms with Crippen LogP contribution in [0.4, 0.5) is 35.1 Å². The monoisotopic (exact) mass is 522 g/mol. The zero-order valence-corrected chi connectivity index (χ0v) is 17.7. The highest BCUT2D eigenvalue weighted by Gasteiger charge is 2.75. The van der Waals surface area contributed by atoms with E-state index in [1.54, 1.807) is 0 Å². The Morgan fingerprint density at radius 2 is 1.48 bits per heavy atom. The Labute approximate surface area is 183 Å². The summed E-state index contributed by atoms with van der Waals surface area (Å²) in [5.41, 5.74) is -6.46. The minimum absolute atomic E-state index is 0.231. The summed E-state index contributed by atoms with van der Waals surface area (Å²) < 4.78 is 144. The maximum absolute atomic E-state index is 13.3. The molecule has 16 heteroatoms. The van der Waals surface area contributed by atoms with Crippen molar-refractivity contribution in [2.75, 3.05) is 13.2 Å². The molecule has 0 spiro atoms. The standard InChI is InChI=1S/C17H22F8O7S/c1-10(8-31-9-14(18,19)33(28,29)30)13(26)32-12(7-11-5-3-2-4-6-11)15(27,16(20,21)22)17(23,24)25/h11-12,27H,1-9H2,(H,28,29,30). The molecule has 2 N–H and O–H groups in total. The van der Waals surface area contributed by atoms with Crippen LogP contribution < -0.4 is 0 Å². The number of hydrogen-bond acceptors (Lipinski definition) is 6. The predicted octanol–water partition coefficient (Wildman–Crippen LogP) is 3.78. The Morgan fingerprint density at radius 3 is 1.91 bits per heavy atom. The molecule has 0 aromatic carbocycles. The van der Waals surface area contributed by atoms with Crippen molar-refractivity contribution in [2.45, 2.75) is 67.8 Å². The Morgan fingerprint density at radius 1 is 1.00 bits per heavy atom. The highest BCUT2D eigenvalue weighted by Crippen LogP contribution is 2.48. The fourth-order valence-corrected chi connectivity index (χ4v) is 3.43. The first-order valence-electron chi connectivity index (χ1n) is 9.41. The van der Waals surface area contributed by atoms with Crippen molar-refractivity contribution < 1.29 is 67.5 Å². The molecule has 1 aliphatic rings. The van der Waals surface area contributed by atoms with Gasteiger partial charge in [0.2, 0.25) is 0 Å². The quantitative estimate of drug-likeness (QED) is 0.195. The van der Waals surface area contributed by atoms with E-state index in [0.29, 0.717) is 19.3 Å². The van der Waals surface area contributed by atoms with E-state index >= 15 is 0 Å². The molecule has 0 aliphatic heterocycles. The fourth-order valence-electron chi connectivity index (χ4n) is 3.19. The maximum Gasteiger partial charge on any atom is 0.430 e. The molecule has 1 rings (SSSR count). The predicted molar refractivity (Wildman–Crippen MR) is 94.6 cm³/mol. The molecule has 0 saturated heterocycles. The van der Waals surface area contributed by atoms with Gasteiger partial charge in [0.25, 0.3) is 5.60 Å². The Kier molecular flexibility index (Phi) is 9.30. The van der Waals surface area contributed by atoms with Gasteiger partial charge in [-0.3, -0.25) is 4.55 Å². The zero-order chi connectivity index (χ0) is 25.9. The molecular weight excluding hydrogens is 500 g/mol. The van der Waals surface area contributed by atoms with E-state index in [1.165, 1.54) is 0 Å². The average molecular weight is 522 g/mol. The molecule has 33 heavy (non-hydrogen) atoms. The van der Waals surface area contributed by atoms with Crippen LogP contribution in [0.1, 0.15) is 38.5 Å². The van der Waals surface area contributed by atoms with Crippen molar-refractivity contribution in [1.29, 1.82) is 0 Å². The Balaban J connectivity index is 3.04. The molecule has 0 radical (unpaired) electrons. The third kappa shape index (κ3) is 7.23. The van der Waals surface area contributed by atoms with Gasteiger partial charge < -0.3 is 14.6 Å². The van der Waals surface area contributed by atoms with E-state index in [1.807, 2.05) is 0 Å². The van der Waals surface area contributed by atoms with Crippen molar-refractivity contribution in [2.24, 2.45) is 5.92 Å². The van der Waals surface area contributed by atoms with Crippen LogP contribution in [0.5, 0.6) is 0 Å². The van der Waals surface area contributed by atoms with Crippen LogP contribution in [-0.2, 0) is 24.4 Å². The summed E-state index contributed by atoms with van der Waals surface area (Å²) in [5.74, 6) is -2.65. The molecule has 0 amide bonds. The molecule has 1 fully saturated rings. The van der Waals surface area contributed by atoms with E-state index < -0.39 is 76.5 Å². The Bertz CT molecular complexity index is 787. The molecule has 1 atom stereocenters. The molecule has 1 unspecified atom stereocenters. The molecular formula is C17H22F8O7S. The number of hydrogen-bond donors (Lipinski definition) is 2. The summed E-state index contributed by atoms with van der Waals surface area (Å²) in [7, 11) is -5.90. The molecule has 0 aromatic heterocycles. The molecule has 1 aliphatic carbocycles. The van der Waals surface area contributed by atoms with Crippen molar-refractivity contribution in [3.8, 4) is 0 Å². The summed E-state index contributed by atoms with van der Waals surface area (Å²) in [6.45, 7) is -0.340. The second-order valence-corrected chi connectivity index (χ2v) is 9.15. The number of aliphatic hydroxyl groups is 1. The molecule has 7 nitrogen and oxygen atoms in total. The van der Waals surface area contributed by atoms with Gasteiger partial charge in [-0.15, -0.1) is 0 Å². The average Bonchev–Trinajstić information content (AvgIpc) is 2.64. The summed E-state index contributed by atoms with van der Waals surface area (Å²) in [6.07, 6.45) is -14.5. The highest BCUT2D eigenvalue weighted by molar-refractivity contribution is 7.86. The number of carbonyl (C=O) groups is 1. The van der Waals surface area contributed by atoms with Crippen LogP contribution >= 0.6 is 0 Å². The van der Waals surface area contributed by atoms with Crippen LogP contribution in [-0.4, -0.2) is 66.6 Å². The molecule has 194 valence electrons. The second-order valence-electron chi connectivity index (χ2n) is 7.60. The van der Waals surface area contributed by atoms with Gasteiger partial charge in [0.1, 0.15) is 12.7 Å². The minimum Gasteiger partial charge on any atom is -0.455 e. The first-order valence-corrected chi connectivity index (χ1v) is 10.8. The minimum atomic E-state index is -6.29. The van der Waals surface area contributed by atoms with Crippen molar-refractivity contribution in [3.63, 3.8) is 0 Å². The lowest BCUT2D eigenvalue weighted by atomic mass is 9.80. The zero-order valence-electron chi connectivity index (χ0n) is 16.9. The van der Waals surface area contributed by atoms with Gasteiger partial charge in [0, 0.05) is 0 Å². The van der Waals surface area contributed by atoms with E-state index in [-0.39, 0.29) is 12.8 Å². The highest BCUT2D eigenvalue weighted by atomic mass is 32.2. The van der Waals surface area contributed by atoms with Crippen LogP contribution in [0.15, 0.2) is 12.2 Å². The van der Waals surface area contributed by atoms with Gasteiger partial charge in [0.15, 0.2) is 0 Å². The number of alkyl halides is 8. The smallest absolute Gasteiger partial charge is 0.430 e. The van der Waals surface area contributed by atoms with Gasteiger partial charge in [-0.2, -0.15) is 43.5 Å². The topological polar surface area (TPSA) is 110 Å². The van der Waals surface area contributed by atoms with Crippen LogP contribution in [0.2, 0.25) is 0 Å². The molecule has 0 aromatic rings. The van der Waals surface area contributed by atoms with Gasteiger partial charge in [-0.1, -0.05) is 38.7 Å². The maximum atomic E-state index is 13.3. The number of halogens is 8. The second kappa shape index (κ2) is 10.4. The Hall–Kier alpha value is -1.52. The van der Waals surface area contributed by atoms with Gasteiger partial charge >= 0.3 is 33.7 Å². The molecule has 0 heterocycles. The molecule has 0 bridgehead atoms. The van der Waals surface area contributed by atoms with Gasteiger partial charge in [-0.05, 0) is 12.3 Å². The third-order valence-corrected chi connectivity index (χ3v) is 5.94. The lowest BCUT2D eigenvalue weighted by Crippen LogP contribution is -2.65. The van der Waals surface area contributed by atoms with E-state index in [2.05, 4.69) is 16.1 Å². The van der Waals surface area contributed by atoms with Crippen molar-refractivity contribution in [3.05, 3.63) is 12.2 Å². The fraction of sp³-hybridized carbons (Fsp3) is 0.824. The van der Waals surface area contributed by atoms with Crippen molar-refractivity contribution in [1.82, 2.24) is 0 Å². The van der Waals surface area contributed by atoms with E-state index in [0.717, 1.165) is 0 Å². The first kappa shape index (κ1) is 29.5. The van der Waals surface area contributed by atoms with E-state index in [9.17, 15) is 53.4 Å². The largest absolute Gasteiger partial charge is 0.455 e. The summed E-state index contributed by atoms with van der Waals surface area (Å²) in [5, 5.41) is 4.88. The summed E-state index contributed by atoms with van der Waals surface area (Å²) in [6, 6.07) is 0. The van der Waals surface area contributed by atoms with Crippen molar-refractivity contribution >= 4 is 16.1 Å². The van der Waals surface area contributed by atoms with Gasteiger partial charge in [0.05, 0.1) is 12.2 Å². The van der Waals surface area contributed by atoms with Gasteiger partial charge in [-0.25, -0.2) is 4.79 Å². The van der Waals surface area contributed by atoms with Crippen LogP contribution in [0.25, 0.3) is 0 Å². The third-order valence-electron chi connectivity index (χ3n) is 5.06. The number of esters is 1. The van der Waals surface area contributed by atoms with Crippen LogP contribution in [0.3, 0.4) is 0 Å². The SMILES string of the molecule is C=C(COCC(F)(F)S(=O)(=O)O)C(=O)OC(CC1CCCCC1)C(O)(C(F)(F)F)C(F)(F)F. The lowest BCUT2D eigenvalue weighted by molar-refractivity contribution is -0.392. The summed E-state index contributed by atoms with van der Waals surface area (Å²) in [4.78, 5) is 12.0. The molecule has 1 saturated carbocycles. The number of rotatable bonds is 10.